The molecule has 0 amide bonds. The van der Waals surface area contributed by atoms with Crippen LogP contribution < -0.4 is 10.1 Å². The van der Waals surface area contributed by atoms with Crippen molar-refractivity contribution in [3.05, 3.63) is 10.8 Å². The highest BCUT2D eigenvalue weighted by atomic mass is 79.9. The smallest absolute Gasteiger partial charge is 0.233 e. The van der Waals surface area contributed by atoms with E-state index >= 15 is 0 Å². The van der Waals surface area contributed by atoms with Crippen LogP contribution in [0.15, 0.2) is 10.8 Å². The van der Waals surface area contributed by atoms with Crippen LogP contribution >= 0.6 is 15.9 Å². The molecule has 1 N–H and O–H groups in total. The van der Waals surface area contributed by atoms with Crippen molar-refractivity contribution in [2.75, 3.05) is 12.4 Å². The Bertz CT molecular complexity index is 378. The van der Waals surface area contributed by atoms with Crippen LogP contribution in [-0.4, -0.2) is 23.1 Å². The van der Waals surface area contributed by atoms with E-state index in [0.717, 1.165) is 29.1 Å². The van der Waals surface area contributed by atoms with E-state index in [9.17, 15) is 0 Å². The molecule has 0 saturated heterocycles. The molecule has 0 atom stereocenters. The Morgan fingerprint density at radius 2 is 2.00 bits per heavy atom. The average Bonchev–Trinajstić information content (AvgIpc) is 2.35. The topological polar surface area (TPSA) is 47.0 Å². The zero-order valence-corrected chi connectivity index (χ0v) is 11.8. The lowest BCUT2D eigenvalue weighted by atomic mass is 9.89. The third-order valence-corrected chi connectivity index (χ3v) is 3.95. The van der Waals surface area contributed by atoms with Gasteiger partial charge in [0.25, 0.3) is 0 Å². The zero-order chi connectivity index (χ0) is 12.3. The maximum Gasteiger partial charge on any atom is 0.233 e. The fourth-order valence-corrected chi connectivity index (χ4v) is 2.61. The summed E-state index contributed by atoms with van der Waals surface area (Å²) < 4.78 is 6.75. The Hall–Kier alpha value is -0.840. The van der Waals surface area contributed by atoms with Crippen molar-refractivity contribution in [2.24, 2.45) is 5.92 Å². The molecule has 1 saturated carbocycles. The van der Waals surface area contributed by atoms with Crippen molar-refractivity contribution < 1.29 is 4.74 Å². The number of halogens is 1. The number of anilines is 1. The second-order valence-corrected chi connectivity index (χ2v) is 5.38. The highest BCUT2D eigenvalue weighted by Gasteiger charge is 2.21. The predicted molar refractivity (Wildman–Crippen MR) is 71.3 cm³/mol. The number of nitrogens with one attached hydrogen (secondary N) is 1. The monoisotopic (exact) mass is 299 g/mol. The molecule has 0 aliphatic heterocycles. The van der Waals surface area contributed by atoms with Gasteiger partial charge >= 0.3 is 0 Å². The van der Waals surface area contributed by atoms with E-state index in [-0.39, 0.29) is 0 Å². The Morgan fingerprint density at radius 3 is 2.65 bits per heavy atom. The lowest BCUT2D eigenvalue weighted by molar-refractivity contribution is 0.129. The second-order valence-electron chi connectivity index (χ2n) is 4.59. The summed E-state index contributed by atoms with van der Waals surface area (Å²) in [5.74, 6) is 2.24. The van der Waals surface area contributed by atoms with Crippen molar-refractivity contribution in [1.29, 1.82) is 0 Å². The molecule has 1 fully saturated rings. The number of ether oxygens (including phenoxy) is 1. The predicted octanol–water partition coefficient (Wildman–Crippen LogP) is 3.24. The maximum absolute atomic E-state index is 5.94. The standard InChI is InChI=1S/C12H18BrN3O/c1-8-3-5-9(6-4-8)17-12-10(13)11(14-2)15-7-16-12/h7-9H,3-6H2,1-2H3,(H,14,15,16). The Labute approximate surface area is 110 Å². The fourth-order valence-electron chi connectivity index (χ4n) is 2.12. The summed E-state index contributed by atoms with van der Waals surface area (Å²) in [5, 5.41) is 3.00. The molecule has 17 heavy (non-hydrogen) atoms. The number of rotatable bonds is 3. The molecule has 2 rings (SSSR count). The van der Waals surface area contributed by atoms with Crippen molar-refractivity contribution in [1.82, 2.24) is 9.97 Å². The van der Waals surface area contributed by atoms with E-state index in [1.807, 2.05) is 7.05 Å². The summed E-state index contributed by atoms with van der Waals surface area (Å²) in [6.07, 6.45) is 6.54. The van der Waals surface area contributed by atoms with Crippen LogP contribution in [0.1, 0.15) is 32.6 Å². The van der Waals surface area contributed by atoms with Gasteiger partial charge in [-0.1, -0.05) is 6.92 Å². The van der Waals surface area contributed by atoms with Gasteiger partial charge in [0.1, 0.15) is 22.7 Å². The first-order valence-electron chi connectivity index (χ1n) is 6.05. The van der Waals surface area contributed by atoms with E-state index < -0.39 is 0 Å². The van der Waals surface area contributed by atoms with Gasteiger partial charge in [-0.05, 0) is 47.5 Å². The number of hydrogen-bond acceptors (Lipinski definition) is 4. The molecule has 1 aliphatic rings. The highest BCUT2D eigenvalue weighted by molar-refractivity contribution is 9.10. The van der Waals surface area contributed by atoms with E-state index in [1.165, 1.54) is 19.2 Å². The van der Waals surface area contributed by atoms with E-state index in [1.54, 1.807) is 0 Å². The van der Waals surface area contributed by atoms with Gasteiger partial charge in [0.05, 0.1) is 0 Å². The van der Waals surface area contributed by atoms with E-state index in [0.29, 0.717) is 12.0 Å². The first-order chi connectivity index (χ1) is 8.20. The van der Waals surface area contributed by atoms with Crippen LogP contribution in [0.25, 0.3) is 0 Å². The van der Waals surface area contributed by atoms with Crippen LogP contribution in [-0.2, 0) is 0 Å². The lowest BCUT2D eigenvalue weighted by Gasteiger charge is -2.26. The minimum absolute atomic E-state index is 0.294. The van der Waals surface area contributed by atoms with Crippen molar-refractivity contribution in [3.63, 3.8) is 0 Å². The Balaban J connectivity index is 2.03. The maximum atomic E-state index is 5.94. The van der Waals surface area contributed by atoms with Gasteiger partial charge in [-0.25, -0.2) is 9.97 Å². The summed E-state index contributed by atoms with van der Waals surface area (Å²) in [6.45, 7) is 2.30. The minimum atomic E-state index is 0.294. The molecule has 1 aromatic rings. The quantitative estimate of drug-likeness (QED) is 0.931. The molecule has 1 aromatic heterocycles. The molecular weight excluding hydrogens is 282 g/mol. The highest BCUT2D eigenvalue weighted by Crippen LogP contribution is 2.32. The van der Waals surface area contributed by atoms with Gasteiger partial charge < -0.3 is 10.1 Å². The number of hydrogen-bond donors (Lipinski definition) is 1. The normalized spacial score (nSPS) is 24.4. The van der Waals surface area contributed by atoms with Crippen LogP contribution in [0, 0.1) is 5.92 Å². The van der Waals surface area contributed by atoms with Crippen molar-refractivity contribution >= 4 is 21.7 Å². The third-order valence-electron chi connectivity index (χ3n) is 3.24. The fraction of sp³-hybridized carbons (Fsp3) is 0.667. The average molecular weight is 300 g/mol. The summed E-state index contributed by atoms with van der Waals surface area (Å²) in [5.41, 5.74) is 0. The van der Waals surface area contributed by atoms with Gasteiger partial charge in [-0.3, -0.25) is 0 Å². The lowest BCUT2D eigenvalue weighted by Crippen LogP contribution is -2.23. The first kappa shape index (κ1) is 12.6. The largest absolute Gasteiger partial charge is 0.473 e. The summed E-state index contributed by atoms with van der Waals surface area (Å²) in [4.78, 5) is 8.29. The molecule has 94 valence electrons. The van der Waals surface area contributed by atoms with Gasteiger partial charge in [0.2, 0.25) is 5.88 Å². The molecule has 0 bridgehead atoms. The zero-order valence-electron chi connectivity index (χ0n) is 10.2. The van der Waals surface area contributed by atoms with Crippen LogP contribution in [0.4, 0.5) is 5.82 Å². The third kappa shape index (κ3) is 3.09. The van der Waals surface area contributed by atoms with Gasteiger partial charge in [0, 0.05) is 7.05 Å². The molecule has 0 aromatic carbocycles. The summed E-state index contributed by atoms with van der Waals surface area (Å²) in [7, 11) is 1.83. The van der Waals surface area contributed by atoms with E-state index in [4.69, 9.17) is 4.74 Å². The second kappa shape index (κ2) is 5.67. The molecule has 0 radical (unpaired) electrons. The van der Waals surface area contributed by atoms with Gasteiger partial charge in [-0.15, -0.1) is 0 Å². The summed E-state index contributed by atoms with van der Waals surface area (Å²) in [6, 6.07) is 0. The van der Waals surface area contributed by atoms with Gasteiger partial charge in [0.15, 0.2) is 0 Å². The molecule has 5 heteroatoms. The van der Waals surface area contributed by atoms with Crippen LogP contribution in [0.5, 0.6) is 5.88 Å². The van der Waals surface area contributed by atoms with Crippen molar-refractivity contribution in [3.8, 4) is 5.88 Å². The Kier molecular flexibility index (Phi) is 4.20. The molecule has 1 heterocycles. The molecule has 1 aliphatic carbocycles. The van der Waals surface area contributed by atoms with Crippen LogP contribution in [0.2, 0.25) is 0 Å². The number of aromatic nitrogens is 2. The first-order valence-corrected chi connectivity index (χ1v) is 6.85. The van der Waals surface area contributed by atoms with Crippen LogP contribution in [0.3, 0.4) is 0 Å². The van der Waals surface area contributed by atoms with Crippen molar-refractivity contribution in [2.45, 2.75) is 38.7 Å². The molecule has 0 spiro atoms. The molecular formula is C12H18BrN3O. The van der Waals surface area contributed by atoms with E-state index in [2.05, 4.69) is 38.1 Å². The van der Waals surface area contributed by atoms with Gasteiger partial charge in [-0.2, -0.15) is 0 Å². The summed E-state index contributed by atoms with van der Waals surface area (Å²) >= 11 is 3.47. The molecule has 0 unspecified atom stereocenters. The molecule has 4 nitrogen and oxygen atoms in total. The SMILES string of the molecule is CNc1ncnc(OC2CCC(C)CC2)c1Br. The minimum Gasteiger partial charge on any atom is -0.473 e. The Morgan fingerprint density at radius 1 is 1.29 bits per heavy atom. The number of nitrogens with zero attached hydrogens (tertiary/aromatic N) is 2.